The number of halogens is 12. The zero-order valence-electron chi connectivity index (χ0n) is 8.71. The molecule has 0 spiro atoms. The first kappa shape index (κ1) is 46.9. The monoisotopic (exact) mass is 1700 g/mol. The van der Waals surface area contributed by atoms with Crippen LogP contribution in [0.4, 0.5) is 0 Å². The van der Waals surface area contributed by atoms with Gasteiger partial charge in [-0.1, -0.05) is 166 Å². The van der Waals surface area contributed by atoms with Crippen LogP contribution in [0.15, 0.2) is 0 Å². The van der Waals surface area contributed by atoms with E-state index in [0.717, 1.165) is -0.0619 Å². The van der Waals surface area contributed by atoms with Crippen molar-refractivity contribution in [2.75, 3.05) is 12.3 Å². The molecule has 0 aliphatic heterocycles. The predicted octanol–water partition coefficient (Wildman–Crippen LogP) is 11.6. The average molecular weight is 1700 g/mol. The van der Waals surface area contributed by atoms with Crippen LogP contribution in [0.5, 0.6) is 0 Å². The first-order valence-electron chi connectivity index (χ1n) is 2.79. The molecular formula is C5H13I12V2. The molecule has 0 radical (unpaired) electrons. The number of hydrogen-bond donors (Lipinski definition) is 0. The van der Waals surface area contributed by atoms with E-state index in [9.17, 15) is 0 Å². The van der Waals surface area contributed by atoms with Gasteiger partial charge in [-0.15, -0.1) is 0 Å². The van der Waals surface area contributed by atoms with Crippen LogP contribution in [0.1, 0.15) is 7.43 Å². The van der Waals surface area contributed by atoms with E-state index >= 15 is 0 Å². The van der Waals surface area contributed by atoms with Gasteiger partial charge in [0.25, 0.3) is 0 Å². The van der Waals surface area contributed by atoms with Crippen molar-refractivity contribution in [1.29, 1.82) is 0 Å². The molecule has 0 unspecified atom stereocenters. The molecule has 19 heavy (non-hydrogen) atoms. The normalized spacial score (nSPS) is 6.11. The quantitative estimate of drug-likeness (QED) is 0.168. The summed E-state index contributed by atoms with van der Waals surface area (Å²) in [4.78, 5) is 3.66. The van der Waals surface area contributed by atoms with Crippen LogP contribution in [0.25, 0.3) is 0 Å². The summed E-state index contributed by atoms with van der Waals surface area (Å²) in [5.41, 5.74) is 0. The second-order valence-electron chi connectivity index (χ2n) is 0.604. The van der Waals surface area contributed by atoms with Gasteiger partial charge in [-0.2, -0.15) is 0 Å². The molecule has 0 aromatic rings. The van der Waals surface area contributed by atoms with Gasteiger partial charge < -0.3 is 0 Å². The third kappa shape index (κ3) is 190. The van der Waals surface area contributed by atoms with Gasteiger partial charge in [-0.05, 0) is 9.86 Å². The summed E-state index contributed by atoms with van der Waals surface area (Å²) in [6.45, 7) is 0. The Hall–Kier alpha value is 9.93. The van der Waals surface area contributed by atoms with Crippen molar-refractivity contribution in [3.8, 4) is 0 Å². The summed E-state index contributed by atoms with van der Waals surface area (Å²) in [6, 6.07) is 0. The summed E-state index contributed by atoms with van der Waals surface area (Å²) in [5, 5.41) is 0. The molecular weight excluding hydrogens is 1680 g/mol. The van der Waals surface area contributed by atoms with Crippen molar-refractivity contribution in [3.05, 3.63) is 0 Å². The molecule has 0 saturated heterocycles. The maximum atomic E-state index is 2.46. The molecule has 0 fully saturated rings. The molecule has 127 valence electrons. The van der Waals surface area contributed by atoms with Crippen molar-refractivity contribution in [2.45, 2.75) is 7.36 Å². The Morgan fingerprint density at radius 1 is 0.842 bits per heavy atom. The fourth-order valence-electron chi connectivity index (χ4n) is 0. The molecule has 14 heteroatoms. The van der Waals surface area contributed by atoms with Gasteiger partial charge in [-0.3, -0.25) is 0 Å². The van der Waals surface area contributed by atoms with E-state index in [0.29, 0.717) is 9.47 Å². The first-order valence-corrected chi connectivity index (χ1v) is 36.4. The molecule has 0 aromatic carbocycles. The van der Waals surface area contributed by atoms with Crippen LogP contribution < -0.4 is 0 Å². The summed E-state index contributed by atoms with van der Waals surface area (Å²) in [5.74, 6) is 0. The summed E-state index contributed by atoms with van der Waals surface area (Å²) < 4.78 is 1.93. The second-order valence-corrected chi connectivity index (χ2v) is 63.1. The second kappa shape index (κ2) is 63.0. The van der Waals surface area contributed by atoms with Crippen molar-refractivity contribution >= 4 is 258 Å². The molecule has 0 saturated carbocycles. The van der Waals surface area contributed by atoms with Crippen molar-refractivity contribution in [1.82, 2.24) is 0 Å². The van der Waals surface area contributed by atoms with Crippen LogP contribution in [-0.4, -0.2) is 12.2 Å². The molecule has 0 aliphatic carbocycles. The Bertz CT molecular complexity index is 54.6. The van der Waals surface area contributed by atoms with E-state index in [4.69, 9.17) is 0 Å². The van der Waals surface area contributed by atoms with Gasteiger partial charge in [0.2, 0.25) is 0 Å². The third-order valence-electron chi connectivity index (χ3n) is 0. The molecule has 0 atom stereocenters. The first-order chi connectivity index (χ1) is 8.29. The topological polar surface area (TPSA) is 0 Å². The van der Waals surface area contributed by atoms with Crippen molar-refractivity contribution < 1.29 is 14.4 Å². The Balaban J connectivity index is -0.0000000184. The van der Waals surface area contributed by atoms with E-state index in [2.05, 4.69) is 258 Å². The molecule has 0 bridgehead atoms. The van der Waals surface area contributed by atoms with E-state index in [1.165, 1.54) is 2.43 Å². The zero-order chi connectivity index (χ0) is 16.6. The fourth-order valence-corrected chi connectivity index (χ4v) is 0. The Kier molecular flexibility index (Phi) is 156. The fraction of sp³-hybridized carbons (Fsp3) is 1.00. The standard InChI is InChI=1S/CHI3.CH2I2.2CH3I.CH4.5HI.2V/c2-1(3)4;2-1-3;2*1-2;;;;;;;;/h1H;1H2;2*1H3;1H4;5*1H;;/q;;;;;;;;;;+2;+3/p-5. The molecule has 0 aliphatic rings. The van der Waals surface area contributed by atoms with Gasteiger partial charge in [0.05, 0.1) is 2.43 Å². The number of rotatable bonds is 0. The SMILES string of the molecule is C.CI.CI.IC(I)I.ICI.[I][V]([I])[I].[I][V][I]. The van der Waals surface area contributed by atoms with Crippen LogP contribution in [0, 0.1) is 0 Å². The number of hydrogen-bond acceptors (Lipinski definition) is 0. The summed E-state index contributed by atoms with van der Waals surface area (Å²) in [6.07, 6.45) is 0. The van der Waals surface area contributed by atoms with Gasteiger partial charge >= 0.3 is 114 Å². The Morgan fingerprint density at radius 3 is 0.842 bits per heavy atom. The Labute approximate surface area is 282 Å². The molecule has 0 rings (SSSR count). The van der Waals surface area contributed by atoms with E-state index in [1.54, 1.807) is 0 Å². The zero-order valence-corrected chi connectivity index (χ0v) is 37.4. The van der Waals surface area contributed by atoms with Gasteiger partial charge in [0.15, 0.2) is 0 Å². The van der Waals surface area contributed by atoms with E-state index < -0.39 is 0 Å². The predicted molar refractivity (Wildman–Crippen MR) is 195 cm³/mol. The van der Waals surface area contributed by atoms with Crippen LogP contribution in [0.2, 0.25) is 0 Å². The van der Waals surface area contributed by atoms with E-state index in [-0.39, 0.29) is 12.3 Å². The van der Waals surface area contributed by atoms with Gasteiger partial charge in [0, 0.05) is 0 Å². The average Bonchev–Trinajstić information content (AvgIpc) is 2.23. The molecule has 0 heterocycles. The minimum absolute atomic E-state index is 0. The van der Waals surface area contributed by atoms with Crippen molar-refractivity contribution in [2.24, 2.45) is 0 Å². The van der Waals surface area contributed by atoms with Crippen LogP contribution in [-0.2, 0) is 14.4 Å². The Morgan fingerprint density at radius 2 is 0.842 bits per heavy atom. The summed E-state index contributed by atoms with van der Waals surface area (Å²) in [7, 11) is 0.628. The molecule has 0 nitrogen and oxygen atoms in total. The molecule has 0 aromatic heterocycles. The minimum atomic E-state index is -0.278. The van der Waals surface area contributed by atoms with Gasteiger partial charge in [0.1, 0.15) is -0.0619 Å². The summed E-state index contributed by atoms with van der Waals surface area (Å²) >= 11 is 27.9. The van der Waals surface area contributed by atoms with E-state index in [1.807, 2.05) is 9.86 Å². The molecule has 0 amide bonds. The van der Waals surface area contributed by atoms with Crippen LogP contribution >= 0.6 is 258 Å². The molecule has 0 N–H and O–H groups in total. The number of alkyl halides is 7. The van der Waals surface area contributed by atoms with Gasteiger partial charge in [-0.25, -0.2) is 0 Å². The van der Waals surface area contributed by atoms with Crippen LogP contribution in [0.3, 0.4) is 0 Å². The van der Waals surface area contributed by atoms with Crippen molar-refractivity contribution in [3.63, 3.8) is 0 Å². The third-order valence-corrected chi connectivity index (χ3v) is 0. The maximum absolute atomic E-state index is 2.46.